The molecule has 1 fully saturated rings. The number of hydrogen-bond acceptors (Lipinski definition) is 1. The molecule has 2 atom stereocenters. The number of hydrogen-bond donors (Lipinski definition) is 1. The summed E-state index contributed by atoms with van der Waals surface area (Å²) in [5.41, 5.74) is 6.92. The van der Waals surface area contributed by atoms with Crippen LogP contribution in [-0.4, -0.2) is 0 Å². The van der Waals surface area contributed by atoms with Crippen molar-refractivity contribution in [1.29, 1.82) is 0 Å². The van der Waals surface area contributed by atoms with Gasteiger partial charge in [-0.2, -0.15) is 0 Å². The highest BCUT2D eigenvalue weighted by Crippen LogP contribution is 2.48. The van der Waals surface area contributed by atoms with Crippen LogP contribution >= 0.6 is 0 Å². The van der Waals surface area contributed by atoms with E-state index < -0.39 is 0 Å². The zero-order valence-electron chi connectivity index (χ0n) is 7.05. The van der Waals surface area contributed by atoms with E-state index in [-0.39, 0.29) is 11.4 Å². The van der Waals surface area contributed by atoms with Crippen LogP contribution in [0, 0.1) is 11.7 Å². The van der Waals surface area contributed by atoms with Gasteiger partial charge in [0, 0.05) is 5.54 Å². The van der Waals surface area contributed by atoms with Gasteiger partial charge in [0.25, 0.3) is 0 Å². The predicted molar refractivity (Wildman–Crippen MR) is 46.0 cm³/mol. The molecule has 0 aromatic heterocycles. The number of halogens is 1. The third kappa shape index (κ3) is 1.03. The van der Waals surface area contributed by atoms with Gasteiger partial charge >= 0.3 is 0 Å². The van der Waals surface area contributed by atoms with E-state index in [1.165, 1.54) is 12.1 Å². The molecule has 0 spiro atoms. The molecule has 2 rings (SSSR count). The van der Waals surface area contributed by atoms with E-state index in [0.717, 1.165) is 12.0 Å². The second-order valence-electron chi connectivity index (χ2n) is 3.65. The molecule has 1 aromatic carbocycles. The number of rotatable bonds is 1. The Labute approximate surface area is 71.4 Å². The summed E-state index contributed by atoms with van der Waals surface area (Å²) in [6.07, 6.45) is 1.01. The molecule has 0 aliphatic heterocycles. The smallest absolute Gasteiger partial charge is 0.123 e. The molecule has 64 valence electrons. The van der Waals surface area contributed by atoms with Crippen molar-refractivity contribution < 1.29 is 4.39 Å². The van der Waals surface area contributed by atoms with Crippen LogP contribution in [0.15, 0.2) is 24.3 Å². The van der Waals surface area contributed by atoms with E-state index >= 15 is 0 Å². The zero-order chi connectivity index (χ0) is 8.77. The summed E-state index contributed by atoms with van der Waals surface area (Å²) in [7, 11) is 0. The molecule has 2 N–H and O–H groups in total. The van der Waals surface area contributed by atoms with Gasteiger partial charge in [-0.25, -0.2) is 4.39 Å². The van der Waals surface area contributed by atoms with Crippen molar-refractivity contribution in [1.82, 2.24) is 0 Å². The standard InChI is InChI=1S/C10H12FN/c1-7-6-10(7,12)8-2-4-9(11)5-3-8/h2-5,7H,6,12H2,1H3/t7-,10+/m1/s1. The minimum absolute atomic E-state index is 0.173. The molecule has 1 nitrogen and oxygen atoms in total. The van der Waals surface area contributed by atoms with Crippen LogP contribution in [0.1, 0.15) is 18.9 Å². The van der Waals surface area contributed by atoms with E-state index in [1.54, 1.807) is 12.1 Å². The highest BCUT2D eigenvalue weighted by molar-refractivity contribution is 5.31. The summed E-state index contributed by atoms with van der Waals surface area (Å²) < 4.78 is 12.6. The molecule has 0 saturated heterocycles. The summed E-state index contributed by atoms with van der Waals surface area (Å²) >= 11 is 0. The summed E-state index contributed by atoms with van der Waals surface area (Å²) in [5.74, 6) is 0.332. The maximum absolute atomic E-state index is 12.6. The topological polar surface area (TPSA) is 26.0 Å². The molecule has 1 aliphatic rings. The summed E-state index contributed by atoms with van der Waals surface area (Å²) in [4.78, 5) is 0. The van der Waals surface area contributed by atoms with Gasteiger partial charge < -0.3 is 5.73 Å². The quantitative estimate of drug-likeness (QED) is 0.677. The fourth-order valence-corrected chi connectivity index (χ4v) is 1.61. The van der Waals surface area contributed by atoms with Crippen LogP contribution in [0.2, 0.25) is 0 Å². The molecule has 1 aliphatic carbocycles. The van der Waals surface area contributed by atoms with Gasteiger partial charge in [0.05, 0.1) is 0 Å². The molecule has 1 saturated carbocycles. The molecule has 2 heteroatoms. The highest BCUT2D eigenvalue weighted by atomic mass is 19.1. The third-order valence-electron chi connectivity index (χ3n) is 2.74. The second kappa shape index (κ2) is 2.30. The molecular weight excluding hydrogens is 153 g/mol. The van der Waals surface area contributed by atoms with E-state index in [9.17, 15) is 4.39 Å². The zero-order valence-corrected chi connectivity index (χ0v) is 7.05. The Morgan fingerprint density at radius 1 is 1.42 bits per heavy atom. The van der Waals surface area contributed by atoms with Crippen LogP contribution in [0.4, 0.5) is 4.39 Å². The Balaban J connectivity index is 2.31. The van der Waals surface area contributed by atoms with Gasteiger partial charge in [-0.3, -0.25) is 0 Å². The van der Waals surface area contributed by atoms with Crippen LogP contribution in [0.5, 0.6) is 0 Å². The molecule has 0 unspecified atom stereocenters. The molecule has 0 radical (unpaired) electrons. The lowest BCUT2D eigenvalue weighted by atomic mass is 10.0. The van der Waals surface area contributed by atoms with Crippen molar-refractivity contribution >= 4 is 0 Å². The normalized spacial score (nSPS) is 33.4. The first-order valence-electron chi connectivity index (χ1n) is 4.18. The van der Waals surface area contributed by atoms with Crippen LogP contribution in [-0.2, 0) is 5.54 Å². The minimum atomic E-state index is -0.198. The van der Waals surface area contributed by atoms with E-state index in [0.29, 0.717) is 5.92 Å². The van der Waals surface area contributed by atoms with Crippen LogP contribution < -0.4 is 5.73 Å². The van der Waals surface area contributed by atoms with Gasteiger partial charge in [0.1, 0.15) is 5.82 Å². The second-order valence-corrected chi connectivity index (χ2v) is 3.65. The third-order valence-corrected chi connectivity index (χ3v) is 2.74. The number of benzene rings is 1. The Morgan fingerprint density at radius 2 is 1.92 bits per heavy atom. The predicted octanol–water partition coefficient (Wildman–Crippen LogP) is 2.02. The van der Waals surface area contributed by atoms with Crippen LogP contribution in [0.3, 0.4) is 0 Å². The van der Waals surface area contributed by atoms with Gasteiger partial charge in [-0.1, -0.05) is 19.1 Å². The average Bonchev–Trinajstić information content (AvgIpc) is 2.62. The lowest BCUT2D eigenvalue weighted by molar-refractivity contribution is 0.620. The van der Waals surface area contributed by atoms with Crippen molar-refractivity contribution in [2.75, 3.05) is 0 Å². The molecule has 1 aromatic rings. The maximum atomic E-state index is 12.6. The van der Waals surface area contributed by atoms with E-state index in [4.69, 9.17) is 5.73 Å². The molecule has 0 bridgehead atoms. The van der Waals surface area contributed by atoms with E-state index in [2.05, 4.69) is 6.92 Å². The lowest BCUT2D eigenvalue weighted by Crippen LogP contribution is -2.21. The van der Waals surface area contributed by atoms with Crippen molar-refractivity contribution in [2.24, 2.45) is 11.7 Å². The first-order valence-corrected chi connectivity index (χ1v) is 4.18. The highest BCUT2D eigenvalue weighted by Gasteiger charge is 2.48. The summed E-state index contributed by atoms with van der Waals surface area (Å²) in [6, 6.07) is 6.49. The first-order chi connectivity index (χ1) is 5.63. The van der Waals surface area contributed by atoms with Gasteiger partial charge in [0.2, 0.25) is 0 Å². The Hall–Kier alpha value is -0.890. The first kappa shape index (κ1) is 7.74. The largest absolute Gasteiger partial charge is 0.321 e. The average molecular weight is 165 g/mol. The summed E-state index contributed by atoms with van der Waals surface area (Å²) in [5, 5.41) is 0. The Bertz CT molecular complexity index is 293. The monoisotopic (exact) mass is 165 g/mol. The van der Waals surface area contributed by atoms with Gasteiger partial charge in [-0.05, 0) is 30.0 Å². The molecule has 0 heterocycles. The SMILES string of the molecule is C[C@@H]1C[C@@]1(N)c1ccc(F)cc1. The van der Waals surface area contributed by atoms with Crippen molar-refractivity contribution in [2.45, 2.75) is 18.9 Å². The van der Waals surface area contributed by atoms with E-state index in [1.807, 2.05) is 0 Å². The fraction of sp³-hybridized carbons (Fsp3) is 0.400. The minimum Gasteiger partial charge on any atom is -0.321 e. The van der Waals surface area contributed by atoms with Crippen molar-refractivity contribution in [3.05, 3.63) is 35.6 Å². The van der Waals surface area contributed by atoms with Crippen molar-refractivity contribution in [3.63, 3.8) is 0 Å². The molecular formula is C10H12FN. The van der Waals surface area contributed by atoms with Crippen molar-refractivity contribution in [3.8, 4) is 0 Å². The van der Waals surface area contributed by atoms with Crippen LogP contribution in [0.25, 0.3) is 0 Å². The fourth-order valence-electron chi connectivity index (χ4n) is 1.61. The summed E-state index contributed by atoms with van der Waals surface area (Å²) in [6.45, 7) is 2.11. The van der Waals surface area contributed by atoms with Gasteiger partial charge in [-0.15, -0.1) is 0 Å². The molecule has 0 amide bonds. The Morgan fingerprint density at radius 3 is 2.33 bits per heavy atom. The number of nitrogens with two attached hydrogens (primary N) is 1. The van der Waals surface area contributed by atoms with Gasteiger partial charge in [0.15, 0.2) is 0 Å². The maximum Gasteiger partial charge on any atom is 0.123 e. The lowest BCUT2D eigenvalue weighted by Gasteiger charge is -2.09. The Kier molecular flexibility index (Phi) is 1.48. The molecule has 12 heavy (non-hydrogen) atoms.